The van der Waals surface area contributed by atoms with Crippen LogP contribution in [-0.4, -0.2) is 40.5 Å². The van der Waals surface area contributed by atoms with Gasteiger partial charge in [0.25, 0.3) is 0 Å². The van der Waals surface area contributed by atoms with Gasteiger partial charge in [0.15, 0.2) is 5.82 Å². The molecule has 1 aromatic carbocycles. The number of hydrogen-bond donors (Lipinski definition) is 1. The smallest absolute Gasteiger partial charge is 0.157 e. The average molecular weight is 393 g/mol. The molecule has 2 aromatic heterocycles. The lowest BCUT2D eigenvalue weighted by Gasteiger charge is -2.47. The lowest BCUT2D eigenvalue weighted by atomic mass is 9.98. The molecule has 3 fully saturated rings. The number of fused-ring (bicyclic) bond motifs is 3. The largest absolute Gasteiger partial charge is 0.371 e. The minimum Gasteiger partial charge on any atom is -0.371 e. The lowest BCUT2D eigenvalue weighted by molar-refractivity contribution is -0.133. The highest BCUT2D eigenvalue weighted by Gasteiger charge is 2.38. The van der Waals surface area contributed by atoms with E-state index in [0.29, 0.717) is 23.6 Å². The van der Waals surface area contributed by atoms with E-state index in [-0.39, 0.29) is 11.9 Å². The van der Waals surface area contributed by atoms with Gasteiger partial charge in [0.1, 0.15) is 11.6 Å². The number of rotatable bonds is 4. The van der Waals surface area contributed by atoms with Gasteiger partial charge in [-0.15, -0.1) is 5.10 Å². The molecule has 7 heteroatoms. The third-order valence-electron chi connectivity index (χ3n) is 5.89. The van der Waals surface area contributed by atoms with Gasteiger partial charge in [0.05, 0.1) is 23.9 Å². The Hall–Kier alpha value is -2.80. The molecular formula is C22H24FN5O. The van der Waals surface area contributed by atoms with Crippen LogP contribution in [0.5, 0.6) is 0 Å². The van der Waals surface area contributed by atoms with E-state index in [1.807, 2.05) is 39.1 Å². The SMILES string of the molecule is Cc1ccc([C@@H](C)Nc2nnc(C)c3cnc(N4CC5CC(C4)O5)cc23)c(F)c1. The molecule has 5 heterocycles. The number of pyridine rings is 1. The summed E-state index contributed by atoms with van der Waals surface area (Å²) in [6.07, 6.45) is 3.62. The summed E-state index contributed by atoms with van der Waals surface area (Å²) in [5.74, 6) is 1.34. The summed E-state index contributed by atoms with van der Waals surface area (Å²) in [5.41, 5.74) is 2.33. The molecule has 0 spiro atoms. The maximum atomic E-state index is 14.4. The van der Waals surface area contributed by atoms with Gasteiger partial charge in [0, 0.05) is 42.0 Å². The summed E-state index contributed by atoms with van der Waals surface area (Å²) in [6, 6.07) is 7.10. The summed E-state index contributed by atoms with van der Waals surface area (Å²) < 4.78 is 20.2. The van der Waals surface area contributed by atoms with Gasteiger partial charge in [-0.05, 0) is 38.5 Å². The zero-order chi connectivity index (χ0) is 20.1. The summed E-state index contributed by atoms with van der Waals surface area (Å²) in [7, 11) is 0. The van der Waals surface area contributed by atoms with Crippen molar-refractivity contribution in [2.24, 2.45) is 0 Å². The van der Waals surface area contributed by atoms with Gasteiger partial charge in [-0.2, -0.15) is 5.10 Å². The van der Waals surface area contributed by atoms with Crippen LogP contribution in [0.4, 0.5) is 16.0 Å². The number of nitrogens with one attached hydrogen (secondary N) is 1. The van der Waals surface area contributed by atoms with Crippen molar-refractivity contribution in [2.75, 3.05) is 23.3 Å². The second-order valence-corrected chi connectivity index (χ2v) is 8.13. The second-order valence-electron chi connectivity index (χ2n) is 8.13. The first-order chi connectivity index (χ1) is 14.0. The fourth-order valence-corrected chi connectivity index (χ4v) is 4.25. The minimum absolute atomic E-state index is 0.218. The highest BCUT2D eigenvalue weighted by molar-refractivity contribution is 5.94. The van der Waals surface area contributed by atoms with Crippen LogP contribution in [0.2, 0.25) is 0 Å². The van der Waals surface area contributed by atoms with Crippen LogP contribution in [0.1, 0.15) is 36.2 Å². The van der Waals surface area contributed by atoms with Crippen molar-refractivity contribution >= 4 is 22.4 Å². The molecule has 6 nitrogen and oxygen atoms in total. The quantitative estimate of drug-likeness (QED) is 0.725. The number of hydrogen-bond acceptors (Lipinski definition) is 6. The minimum atomic E-state index is -0.247. The van der Waals surface area contributed by atoms with Gasteiger partial charge in [-0.1, -0.05) is 12.1 Å². The Labute approximate surface area is 169 Å². The molecular weight excluding hydrogens is 369 g/mol. The third-order valence-corrected chi connectivity index (χ3v) is 5.89. The lowest BCUT2D eigenvalue weighted by Crippen LogP contribution is -2.57. The van der Waals surface area contributed by atoms with E-state index in [2.05, 4.69) is 31.5 Å². The number of aromatic nitrogens is 3. The molecule has 3 atom stereocenters. The molecule has 6 rings (SSSR count). The number of piperidine rings is 1. The van der Waals surface area contributed by atoms with Crippen molar-refractivity contribution in [3.05, 3.63) is 53.1 Å². The summed E-state index contributed by atoms with van der Waals surface area (Å²) in [5, 5.41) is 13.9. The molecule has 2 bridgehead atoms. The molecule has 3 aliphatic rings. The van der Waals surface area contributed by atoms with Crippen molar-refractivity contribution in [2.45, 2.75) is 45.4 Å². The number of morpholine rings is 1. The zero-order valence-corrected chi connectivity index (χ0v) is 16.8. The predicted molar refractivity (Wildman–Crippen MR) is 111 cm³/mol. The molecule has 2 unspecified atom stereocenters. The first-order valence-electron chi connectivity index (χ1n) is 10.0. The zero-order valence-electron chi connectivity index (χ0n) is 16.8. The van der Waals surface area contributed by atoms with E-state index in [1.54, 1.807) is 6.07 Å². The van der Waals surface area contributed by atoms with E-state index < -0.39 is 0 Å². The second kappa shape index (κ2) is 6.91. The van der Waals surface area contributed by atoms with Crippen LogP contribution in [0.25, 0.3) is 10.8 Å². The number of halogens is 1. The van der Waals surface area contributed by atoms with Crippen molar-refractivity contribution in [1.29, 1.82) is 0 Å². The Morgan fingerprint density at radius 1 is 1.14 bits per heavy atom. The monoisotopic (exact) mass is 393 g/mol. The first-order valence-corrected chi connectivity index (χ1v) is 10.0. The molecule has 150 valence electrons. The Kier molecular flexibility index (Phi) is 4.35. The molecule has 0 radical (unpaired) electrons. The molecule has 1 N–H and O–H groups in total. The van der Waals surface area contributed by atoms with Crippen LogP contribution in [-0.2, 0) is 4.74 Å². The maximum Gasteiger partial charge on any atom is 0.157 e. The van der Waals surface area contributed by atoms with Crippen LogP contribution in [0, 0.1) is 19.7 Å². The fourth-order valence-electron chi connectivity index (χ4n) is 4.25. The van der Waals surface area contributed by atoms with Gasteiger partial charge >= 0.3 is 0 Å². The number of anilines is 2. The van der Waals surface area contributed by atoms with Crippen LogP contribution < -0.4 is 10.2 Å². The molecule has 3 aromatic rings. The van der Waals surface area contributed by atoms with Gasteiger partial charge in [-0.3, -0.25) is 0 Å². The molecule has 0 saturated carbocycles. The summed E-state index contributed by atoms with van der Waals surface area (Å²) >= 11 is 0. The van der Waals surface area contributed by atoms with Crippen molar-refractivity contribution in [3.8, 4) is 0 Å². The topological polar surface area (TPSA) is 63.2 Å². The number of ether oxygens (including phenoxy) is 1. The highest BCUT2D eigenvalue weighted by Crippen LogP contribution is 2.33. The summed E-state index contributed by atoms with van der Waals surface area (Å²) in [6.45, 7) is 7.46. The third kappa shape index (κ3) is 3.29. The molecule has 0 aliphatic carbocycles. The van der Waals surface area contributed by atoms with E-state index in [4.69, 9.17) is 4.74 Å². The predicted octanol–water partition coefficient (Wildman–Crippen LogP) is 3.93. The van der Waals surface area contributed by atoms with Crippen LogP contribution >= 0.6 is 0 Å². The Morgan fingerprint density at radius 3 is 2.62 bits per heavy atom. The normalized spacial score (nSPS) is 21.7. The van der Waals surface area contributed by atoms with Crippen molar-refractivity contribution < 1.29 is 9.13 Å². The Morgan fingerprint density at radius 2 is 1.90 bits per heavy atom. The highest BCUT2D eigenvalue weighted by atomic mass is 19.1. The Balaban J connectivity index is 1.49. The van der Waals surface area contributed by atoms with Crippen LogP contribution in [0.3, 0.4) is 0 Å². The molecule has 3 saturated heterocycles. The summed E-state index contributed by atoms with van der Waals surface area (Å²) in [4.78, 5) is 6.93. The first kappa shape index (κ1) is 18.2. The molecule has 3 aliphatic heterocycles. The van der Waals surface area contributed by atoms with E-state index in [9.17, 15) is 4.39 Å². The van der Waals surface area contributed by atoms with Crippen molar-refractivity contribution in [1.82, 2.24) is 15.2 Å². The standard InChI is InChI=1S/C22H24FN5O/c1-12-4-5-17(20(23)6-12)13(2)25-22-18-8-21(24-9-19(18)14(3)26-27-22)28-10-15-7-16(11-28)29-15/h4-6,8-9,13,15-16H,7,10-11H2,1-3H3,(H,25,27)/t13-,15?,16?/m1/s1. The number of benzene rings is 1. The number of nitrogens with zero attached hydrogens (tertiary/aromatic N) is 4. The maximum absolute atomic E-state index is 14.4. The van der Waals surface area contributed by atoms with E-state index in [1.165, 1.54) is 0 Å². The van der Waals surface area contributed by atoms with Crippen LogP contribution in [0.15, 0.2) is 30.5 Å². The number of aryl methyl sites for hydroxylation is 2. The van der Waals surface area contributed by atoms with E-state index in [0.717, 1.165) is 47.4 Å². The fraction of sp³-hybridized carbons (Fsp3) is 0.409. The van der Waals surface area contributed by atoms with Gasteiger partial charge in [0.2, 0.25) is 0 Å². The molecule has 0 amide bonds. The van der Waals surface area contributed by atoms with Gasteiger partial charge in [-0.25, -0.2) is 9.37 Å². The van der Waals surface area contributed by atoms with Gasteiger partial charge < -0.3 is 15.0 Å². The Bertz CT molecular complexity index is 1070. The van der Waals surface area contributed by atoms with E-state index >= 15 is 0 Å². The van der Waals surface area contributed by atoms with Crippen molar-refractivity contribution in [3.63, 3.8) is 0 Å². The molecule has 29 heavy (non-hydrogen) atoms. The average Bonchev–Trinajstić information content (AvgIpc) is 2.69.